The van der Waals surface area contributed by atoms with Crippen LogP contribution >= 0.6 is 0 Å². The van der Waals surface area contributed by atoms with Gasteiger partial charge in [0, 0.05) is 12.1 Å². The molecule has 4 rings (SSSR count). The Morgan fingerprint density at radius 2 is 1.93 bits per heavy atom. The van der Waals surface area contributed by atoms with Crippen molar-refractivity contribution in [1.29, 1.82) is 0 Å². The van der Waals surface area contributed by atoms with Gasteiger partial charge in [-0.1, -0.05) is 44.2 Å². The molecule has 2 amide bonds. The van der Waals surface area contributed by atoms with Crippen LogP contribution < -0.4 is 5.32 Å². The van der Waals surface area contributed by atoms with Crippen molar-refractivity contribution in [3.8, 4) is 0 Å². The maximum atomic E-state index is 13.3. The number of ether oxygens (including phenoxy) is 1. The summed E-state index contributed by atoms with van der Waals surface area (Å²) in [5.41, 5.74) is 0.518. The Labute approximate surface area is 170 Å². The Hall–Kier alpha value is -2.73. The third kappa shape index (κ3) is 3.90. The van der Waals surface area contributed by atoms with E-state index < -0.39 is 12.1 Å². The van der Waals surface area contributed by atoms with Crippen molar-refractivity contribution in [1.82, 2.24) is 10.2 Å². The highest BCUT2D eigenvalue weighted by Gasteiger charge is 2.48. The number of likely N-dealkylation sites (tertiary alicyclic amines) is 1. The van der Waals surface area contributed by atoms with Gasteiger partial charge in [0.2, 0.25) is 5.91 Å². The zero-order chi connectivity index (χ0) is 20.5. The highest BCUT2D eigenvalue weighted by Crippen LogP contribution is 2.28. The Kier molecular flexibility index (Phi) is 5.37. The fraction of sp³-hybridized carbons (Fsp3) is 0.435. The summed E-state index contributed by atoms with van der Waals surface area (Å²) in [5, 5.41) is 4.95. The van der Waals surface area contributed by atoms with E-state index in [9.17, 15) is 14.4 Å². The van der Waals surface area contributed by atoms with Crippen LogP contribution in [-0.2, 0) is 14.3 Å². The Bertz CT molecular complexity index is 955. The molecule has 2 heterocycles. The third-order valence-corrected chi connectivity index (χ3v) is 5.72. The first kappa shape index (κ1) is 19.6. The monoisotopic (exact) mass is 394 g/mol. The standard InChI is InChI=1S/C23H26N2O4/c1-14(2)11-18(23(28)25-10-9-20-21(25)19(26)13-29-20)24-22(27)17-8-7-15-5-3-4-6-16(15)12-17/h3-8,12,14,18,20-21H,9-11,13H2,1-2H3,(H,24,27). The number of ketones is 1. The topological polar surface area (TPSA) is 75.7 Å². The number of rotatable bonds is 5. The molecule has 0 aliphatic carbocycles. The number of carbonyl (C=O) groups is 3. The summed E-state index contributed by atoms with van der Waals surface area (Å²) in [6.45, 7) is 4.58. The minimum atomic E-state index is -0.666. The average molecular weight is 394 g/mol. The number of Topliss-reactive ketones (excluding diaryl/α,β-unsaturated/α-hetero) is 1. The second-order valence-electron chi connectivity index (χ2n) is 8.30. The van der Waals surface area contributed by atoms with Crippen molar-refractivity contribution in [3.05, 3.63) is 48.0 Å². The molecular weight excluding hydrogens is 368 g/mol. The molecule has 2 aromatic carbocycles. The summed E-state index contributed by atoms with van der Waals surface area (Å²) in [5.74, 6) is -0.307. The van der Waals surface area contributed by atoms with E-state index in [0.717, 1.165) is 10.8 Å². The zero-order valence-corrected chi connectivity index (χ0v) is 16.8. The van der Waals surface area contributed by atoms with Gasteiger partial charge >= 0.3 is 0 Å². The smallest absolute Gasteiger partial charge is 0.251 e. The van der Waals surface area contributed by atoms with Gasteiger partial charge in [0.05, 0.1) is 6.10 Å². The summed E-state index contributed by atoms with van der Waals surface area (Å²) in [7, 11) is 0. The van der Waals surface area contributed by atoms with E-state index in [4.69, 9.17) is 4.74 Å². The number of amides is 2. The molecule has 0 aromatic heterocycles. The van der Waals surface area contributed by atoms with Gasteiger partial charge in [0.25, 0.3) is 5.91 Å². The van der Waals surface area contributed by atoms with Gasteiger partial charge in [-0.2, -0.15) is 0 Å². The molecule has 3 unspecified atom stereocenters. The van der Waals surface area contributed by atoms with E-state index in [1.54, 1.807) is 11.0 Å². The largest absolute Gasteiger partial charge is 0.368 e. The number of benzene rings is 2. The molecule has 0 saturated carbocycles. The molecule has 2 aromatic rings. The van der Waals surface area contributed by atoms with Crippen LogP contribution in [0.2, 0.25) is 0 Å². The average Bonchev–Trinajstić information content (AvgIpc) is 3.29. The van der Waals surface area contributed by atoms with Crippen LogP contribution in [-0.4, -0.2) is 53.8 Å². The van der Waals surface area contributed by atoms with Gasteiger partial charge in [-0.05, 0) is 41.7 Å². The van der Waals surface area contributed by atoms with Gasteiger partial charge in [0.15, 0.2) is 5.78 Å². The lowest BCUT2D eigenvalue weighted by Crippen LogP contribution is -2.52. The molecule has 0 bridgehead atoms. The number of fused-ring (bicyclic) bond motifs is 2. The Balaban J connectivity index is 1.53. The maximum Gasteiger partial charge on any atom is 0.251 e. The van der Waals surface area contributed by atoms with Crippen LogP contribution in [0.4, 0.5) is 0 Å². The first-order valence-electron chi connectivity index (χ1n) is 10.2. The molecule has 3 atom stereocenters. The van der Waals surface area contributed by atoms with E-state index in [0.29, 0.717) is 24.9 Å². The van der Waals surface area contributed by atoms with Crippen molar-refractivity contribution >= 4 is 28.4 Å². The van der Waals surface area contributed by atoms with Crippen LogP contribution in [0.15, 0.2) is 42.5 Å². The highest BCUT2D eigenvalue weighted by atomic mass is 16.5. The summed E-state index contributed by atoms with van der Waals surface area (Å²) < 4.78 is 5.49. The molecule has 6 nitrogen and oxygen atoms in total. The van der Waals surface area contributed by atoms with E-state index >= 15 is 0 Å². The summed E-state index contributed by atoms with van der Waals surface area (Å²) in [4.78, 5) is 40.0. The zero-order valence-electron chi connectivity index (χ0n) is 16.8. The molecular formula is C23H26N2O4. The van der Waals surface area contributed by atoms with Crippen molar-refractivity contribution in [2.24, 2.45) is 5.92 Å². The fourth-order valence-electron chi connectivity index (χ4n) is 4.31. The van der Waals surface area contributed by atoms with Gasteiger partial charge in [0.1, 0.15) is 18.7 Å². The lowest BCUT2D eigenvalue weighted by molar-refractivity contribution is -0.138. The second-order valence-corrected chi connectivity index (χ2v) is 8.30. The third-order valence-electron chi connectivity index (χ3n) is 5.72. The van der Waals surface area contributed by atoms with Crippen LogP contribution in [0, 0.1) is 5.92 Å². The van der Waals surface area contributed by atoms with Gasteiger partial charge in [-0.15, -0.1) is 0 Å². The van der Waals surface area contributed by atoms with Crippen molar-refractivity contribution in [2.75, 3.05) is 13.2 Å². The lowest BCUT2D eigenvalue weighted by atomic mass is 10.0. The summed E-state index contributed by atoms with van der Waals surface area (Å²) in [6.07, 6.45) is 0.971. The number of nitrogens with one attached hydrogen (secondary N) is 1. The highest BCUT2D eigenvalue weighted by molar-refractivity contribution is 6.01. The predicted octanol–water partition coefficient (Wildman–Crippen LogP) is 2.55. The van der Waals surface area contributed by atoms with Crippen molar-refractivity contribution < 1.29 is 19.1 Å². The van der Waals surface area contributed by atoms with Crippen molar-refractivity contribution in [2.45, 2.75) is 44.9 Å². The van der Waals surface area contributed by atoms with Gasteiger partial charge < -0.3 is 15.0 Å². The van der Waals surface area contributed by atoms with Gasteiger partial charge in [-0.25, -0.2) is 0 Å². The fourth-order valence-corrected chi connectivity index (χ4v) is 4.31. The summed E-state index contributed by atoms with van der Waals surface area (Å²) in [6, 6.07) is 12.2. The molecule has 2 aliphatic rings. The number of carbonyl (C=O) groups excluding carboxylic acids is 3. The molecule has 0 spiro atoms. The molecule has 1 N–H and O–H groups in total. The van der Waals surface area contributed by atoms with Crippen LogP contribution in [0.25, 0.3) is 10.8 Å². The van der Waals surface area contributed by atoms with Crippen molar-refractivity contribution in [3.63, 3.8) is 0 Å². The molecule has 2 saturated heterocycles. The SMILES string of the molecule is CC(C)CC(NC(=O)c1ccc2ccccc2c1)C(=O)N1CCC2OCC(=O)C21. The molecule has 2 fully saturated rings. The Morgan fingerprint density at radius 1 is 1.17 bits per heavy atom. The van der Waals surface area contributed by atoms with Crippen LogP contribution in [0.5, 0.6) is 0 Å². The number of hydrogen-bond donors (Lipinski definition) is 1. The van der Waals surface area contributed by atoms with E-state index in [-0.39, 0.29) is 36.2 Å². The van der Waals surface area contributed by atoms with E-state index in [1.807, 2.05) is 50.2 Å². The second kappa shape index (κ2) is 7.95. The molecule has 0 radical (unpaired) electrons. The molecule has 152 valence electrons. The first-order valence-corrected chi connectivity index (χ1v) is 10.2. The first-order chi connectivity index (χ1) is 13.9. The normalized spacial score (nSPS) is 22.2. The van der Waals surface area contributed by atoms with Crippen LogP contribution in [0.3, 0.4) is 0 Å². The maximum absolute atomic E-state index is 13.3. The Morgan fingerprint density at radius 3 is 2.69 bits per heavy atom. The number of hydrogen-bond acceptors (Lipinski definition) is 4. The molecule has 2 aliphatic heterocycles. The molecule has 29 heavy (non-hydrogen) atoms. The minimum absolute atomic E-state index is 0.0509. The van der Waals surface area contributed by atoms with E-state index in [2.05, 4.69) is 5.32 Å². The summed E-state index contributed by atoms with van der Waals surface area (Å²) >= 11 is 0. The lowest BCUT2D eigenvalue weighted by Gasteiger charge is -2.28. The predicted molar refractivity (Wildman–Crippen MR) is 110 cm³/mol. The molecule has 6 heteroatoms. The van der Waals surface area contributed by atoms with Crippen LogP contribution in [0.1, 0.15) is 37.0 Å². The minimum Gasteiger partial charge on any atom is -0.368 e. The van der Waals surface area contributed by atoms with Gasteiger partial charge in [-0.3, -0.25) is 14.4 Å². The van der Waals surface area contributed by atoms with E-state index in [1.165, 1.54) is 0 Å². The quantitative estimate of drug-likeness (QED) is 0.846. The number of nitrogens with zero attached hydrogens (tertiary/aromatic N) is 1.